The summed E-state index contributed by atoms with van der Waals surface area (Å²) in [7, 11) is 7.18. The predicted octanol–water partition coefficient (Wildman–Crippen LogP) is 4.79. The molecule has 0 aliphatic carbocycles. The summed E-state index contributed by atoms with van der Waals surface area (Å²) in [6.45, 7) is 1.71. The van der Waals surface area contributed by atoms with Crippen molar-refractivity contribution in [3.63, 3.8) is 0 Å². The van der Waals surface area contributed by atoms with Crippen molar-refractivity contribution in [2.24, 2.45) is 0 Å². The quantitative estimate of drug-likeness (QED) is 0.432. The number of benzene rings is 2. The van der Waals surface area contributed by atoms with E-state index in [1.54, 1.807) is 69.2 Å². The third-order valence-corrected chi connectivity index (χ3v) is 5.28. The van der Waals surface area contributed by atoms with Gasteiger partial charge in [0.05, 0.1) is 5.56 Å². The summed E-state index contributed by atoms with van der Waals surface area (Å²) in [5, 5.41) is 2.67. The number of rotatable bonds is 8. The minimum atomic E-state index is -4.46. The van der Waals surface area contributed by atoms with Gasteiger partial charge >= 0.3 is 12.1 Å². The fourth-order valence-corrected chi connectivity index (χ4v) is 3.34. The largest absolute Gasteiger partial charge is 0.419 e. The van der Waals surface area contributed by atoms with Gasteiger partial charge in [-0.1, -0.05) is 19.1 Å². The molecule has 2 aromatic carbocycles. The van der Waals surface area contributed by atoms with Gasteiger partial charge in [-0.3, -0.25) is 9.59 Å². The van der Waals surface area contributed by atoms with E-state index in [0.717, 1.165) is 29.8 Å². The molecular formula is C26H28F3N5O3. The van der Waals surface area contributed by atoms with Crippen molar-refractivity contribution in [3.05, 3.63) is 71.0 Å². The van der Waals surface area contributed by atoms with Gasteiger partial charge in [0, 0.05) is 52.3 Å². The van der Waals surface area contributed by atoms with Crippen LogP contribution in [0.2, 0.25) is 0 Å². The standard InChI is InChI=1S/C26H28F3N5O3/c1-6-21(35)37-22-23(33(2)3)31-20(32-24(22)34(4)5)15-16-7-13-19(14-8-16)30-25(36)17-9-11-18(12-10-17)26(27,28)29/h7-14H,6,15H2,1-5H3,(H,30,36). The third-order valence-electron chi connectivity index (χ3n) is 5.28. The van der Waals surface area contributed by atoms with Gasteiger partial charge < -0.3 is 19.9 Å². The van der Waals surface area contributed by atoms with Crippen molar-refractivity contribution in [1.82, 2.24) is 9.97 Å². The van der Waals surface area contributed by atoms with E-state index in [1.165, 1.54) is 0 Å². The zero-order valence-electron chi connectivity index (χ0n) is 21.2. The van der Waals surface area contributed by atoms with Crippen LogP contribution in [-0.4, -0.2) is 50.0 Å². The first kappa shape index (κ1) is 27.4. The number of carbonyl (C=O) groups excluding carboxylic acids is 2. The Balaban J connectivity index is 1.77. The average Bonchev–Trinajstić information content (AvgIpc) is 2.85. The molecule has 3 aromatic rings. The van der Waals surface area contributed by atoms with E-state index >= 15 is 0 Å². The molecule has 1 amide bonds. The number of amides is 1. The number of ether oxygens (including phenoxy) is 1. The van der Waals surface area contributed by atoms with Crippen molar-refractivity contribution in [2.75, 3.05) is 43.3 Å². The normalized spacial score (nSPS) is 11.1. The summed E-state index contributed by atoms with van der Waals surface area (Å²) in [5.41, 5.74) is 0.642. The molecule has 11 heteroatoms. The molecule has 1 N–H and O–H groups in total. The van der Waals surface area contributed by atoms with Crippen LogP contribution in [0.5, 0.6) is 5.75 Å². The lowest BCUT2D eigenvalue weighted by molar-refractivity contribution is -0.137. The molecule has 0 aliphatic rings. The lowest BCUT2D eigenvalue weighted by Crippen LogP contribution is -2.21. The molecule has 0 spiro atoms. The fraction of sp³-hybridized carbons (Fsp3) is 0.308. The number of esters is 1. The summed E-state index contributed by atoms with van der Waals surface area (Å²) in [5.74, 6) is 0.814. The van der Waals surface area contributed by atoms with Crippen LogP contribution < -0.4 is 19.9 Å². The zero-order valence-corrected chi connectivity index (χ0v) is 21.2. The van der Waals surface area contributed by atoms with Crippen LogP contribution in [-0.2, 0) is 17.4 Å². The molecule has 0 atom stereocenters. The van der Waals surface area contributed by atoms with E-state index in [2.05, 4.69) is 15.3 Å². The Morgan fingerprint density at radius 1 is 0.892 bits per heavy atom. The predicted molar refractivity (Wildman–Crippen MR) is 135 cm³/mol. The second kappa shape index (κ2) is 11.3. The Morgan fingerprint density at radius 2 is 1.43 bits per heavy atom. The van der Waals surface area contributed by atoms with E-state index in [1.807, 2.05) is 0 Å². The van der Waals surface area contributed by atoms with Crippen molar-refractivity contribution in [1.29, 1.82) is 0 Å². The first-order valence-corrected chi connectivity index (χ1v) is 11.4. The molecule has 1 heterocycles. The highest BCUT2D eigenvalue weighted by atomic mass is 19.4. The molecule has 0 aliphatic heterocycles. The number of halogens is 3. The average molecular weight is 516 g/mol. The smallest absolute Gasteiger partial charge is 0.416 e. The molecule has 8 nitrogen and oxygen atoms in total. The Bertz CT molecular complexity index is 1230. The highest BCUT2D eigenvalue weighted by molar-refractivity contribution is 6.04. The van der Waals surface area contributed by atoms with Gasteiger partial charge in [0.1, 0.15) is 5.82 Å². The first-order valence-electron chi connectivity index (χ1n) is 11.4. The third kappa shape index (κ3) is 6.96. The van der Waals surface area contributed by atoms with Crippen LogP contribution in [0.3, 0.4) is 0 Å². The van der Waals surface area contributed by atoms with Crippen LogP contribution in [0.1, 0.15) is 40.7 Å². The number of nitrogens with one attached hydrogen (secondary N) is 1. The molecule has 3 rings (SSSR count). The van der Waals surface area contributed by atoms with Crippen LogP contribution in [0, 0.1) is 0 Å². The highest BCUT2D eigenvalue weighted by Gasteiger charge is 2.30. The van der Waals surface area contributed by atoms with E-state index in [9.17, 15) is 22.8 Å². The number of aromatic nitrogens is 2. The topological polar surface area (TPSA) is 87.7 Å². The number of anilines is 3. The summed E-state index contributed by atoms with van der Waals surface area (Å²) in [6, 6.07) is 11.0. The van der Waals surface area contributed by atoms with Crippen LogP contribution in [0.15, 0.2) is 48.5 Å². The molecule has 196 valence electrons. The molecule has 0 unspecified atom stereocenters. The summed E-state index contributed by atoms with van der Waals surface area (Å²) in [4.78, 5) is 37.1. The van der Waals surface area contributed by atoms with E-state index in [4.69, 9.17) is 4.74 Å². The van der Waals surface area contributed by atoms with Gasteiger partial charge in [-0.05, 0) is 42.0 Å². The summed E-state index contributed by atoms with van der Waals surface area (Å²) >= 11 is 0. The maximum absolute atomic E-state index is 12.7. The lowest BCUT2D eigenvalue weighted by Gasteiger charge is -2.22. The van der Waals surface area contributed by atoms with Gasteiger partial charge in [0.25, 0.3) is 5.91 Å². The molecule has 0 radical (unpaired) electrons. The second-order valence-electron chi connectivity index (χ2n) is 8.64. The summed E-state index contributed by atoms with van der Waals surface area (Å²) in [6.07, 6.45) is -3.88. The molecule has 37 heavy (non-hydrogen) atoms. The number of hydrogen-bond acceptors (Lipinski definition) is 7. The Kier molecular flexibility index (Phi) is 8.36. The fourth-order valence-electron chi connectivity index (χ4n) is 3.34. The molecular weight excluding hydrogens is 487 g/mol. The van der Waals surface area contributed by atoms with Gasteiger partial charge in [-0.25, -0.2) is 9.97 Å². The van der Waals surface area contributed by atoms with Gasteiger partial charge in [-0.2, -0.15) is 13.2 Å². The maximum atomic E-state index is 12.7. The van der Waals surface area contributed by atoms with Crippen molar-refractivity contribution >= 4 is 29.2 Å². The molecule has 0 saturated heterocycles. The highest BCUT2D eigenvalue weighted by Crippen LogP contribution is 2.34. The van der Waals surface area contributed by atoms with Gasteiger partial charge in [-0.15, -0.1) is 0 Å². The zero-order chi connectivity index (χ0) is 27.3. The van der Waals surface area contributed by atoms with Crippen LogP contribution in [0.25, 0.3) is 0 Å². The van der Waals surface area contributed by atoms with E-state index < -0.39 is 23.6 Å². The van der Waals surface area contributed by atoms with Gasteiger partial charge in [0.15, 0.2) is 11.6 Å². The minimum Gasteiger partial charge on any atom is -0.419 e. The molecule has 1 aromatic heterocycles. The van der Waals surface area contributed by atoms with E-state index in [-0.39, 0.29) is 17.7 Å². The molecule has 0 saturated carbocycles. The second-order valence-corrected chi connectivity index (χ2v) is 8.64. The molecule has 0 bridgehead atoms. The van der Waals surface area contributed by atoms with Crippen LogP contribution in [0.4, 0.5) is 30.5 Å². The number of carbonyl (C=O) groups is 2. The monoisotopic (exact) mass is 515 g/mol. The van der Waals surface area contributed by atoms with Crippen molar-refractivity contribution in [3.8, 4) is 5.75 Å². The number of hydrogen-bond donors (Lipinski definition) is 1. The maximum Gasteiger partial charge on any atom is 0.416 e. The lowest BCUT2D eigenvalue weighted by atomic mass is 10.1. The molecule has 0 fully saturated rings. The number of alkyl halides is 3. The first-order chi connectivity index (χ1) is 17.4. The van der Waals surface area contributed by atoms with Gasteiger partial charge in [0.2, 0.25) is 5.75 Å². The minimum absolute atomic E-state index is 0.113. The van der Waals surface area contributed by atoms with E-state index in [0.29, 0.717) is 29.6 Å². The Morgan fingerprint density at radius 3 is 1.89 bits per heavy atom. The van der Waals surface area contributed by atoms with Crippen molar-refractivity contribution in [2.45, 2.75) is 25.9 Å². The van der Waals surface area contributed by atoms with Crippen molar-refractivity contribution < 1.29 is 27.5 Å². The summed E-state index contributed by atoms with van der Waals surface area (Å²) < 4.78 is 43.7. The number of nitrogens with zero attached hydrogens (tertiary/aromatic N) is 4. The van der Waals surface area contributed by atoms with Crippen LogP contribution >= 0.6 is 0 Å². The Labute approximate surface area is 213 Å². The Hall–Kier alpha value is -4.15. The SMILES string of the molecule is CCC(=O)Oc1c(N(C)C)nc(Cc2ccc(NC(=O)c3ccc(C(F)(F)F)cc3)cc2)nc1N(C)C.